The highest BCUT2D eigenvalue weighted by molar-refractivity contribution is 14.0. The number of esters is 1. The molecule has 1 N–H and O–H groups in total. The third-order valence-corrected chi connectivity index (χ3v) is 4.23. The van der Waals surface area contributed by atoms with E-state index in [1.807, 2.05) is 20.8 Å². The fourth-order valence-corrected chi connectivity index (χ4v) is 2.80. The normalized spacial score (nSPS) is 15.8. The Balaban J connectivity index is 0.00000288. The molecule has 0 atom stereocenters. The number of nitrogens with zero attached hydrogens (tertiary/aromatic N) is 3. The molecule has 0 amide bonds. The number of carbonyl (C=O) groups is 1. The molecule has 0 aromatic carbocycles. The molecule has 1 fully saturated rings. The molecule has 0 bridgehead atoms. The van der Waals surface area contributed by atoms with E-state index in [2.05, 4.69) is 15.4 Å². The van der Waals surface area contributed by atoms with Gasteiger partial charge in [-0.25, -0.2) is 4.99 Å². The molecule has 2 rings (SSSR count). The molecular formula is C16H27IN4O3. The van der Waals surface area contributed by atoms with Gasteiger partial charge in [0.15, 0.2) is 5.96 Å². The number of likely N-dealkylation sites (tertiary alicyclic amines) is 1. The molecule has 2 heterocycles. The van der Waals surface area contributed by atoms with Crippen LogP contribution in [0.4, 0.5) is 0 Å². The number of hydrogen-bond donors (Lipinski definition) is 1. The minimum Gasteiger partial charge on any atom is -0.469 e. The van der Waals surface area contributed by atoms with E-state index in [1.165, 1.54) is 7.11 Å². The third kappa shape index (κ3) is 5.09. The van der Waals surface area contributed by atoms with Crippen LogP contribution >= 0.6 is 24.0 Å². The van der Waals surface area contributed by atoms with Crippen molar-refractivity contribution in [3.8, 4) is 0 Å². The largest absolute Gasteiger partial charge is 0.469 e. The van der Waals surface area contributed by atoms with Gasteiger partial charge >= 0.3 is 5.97 Å². The van der Waals surface area contributed by atoms with Gasteiger partial charge in [0.2, 0.25) is 0 Å². The van der Waals surface area contributed by atoms with Gasteiger partial charge in [-0.1, -0.05) is 5.16 Å². The van der Waals surface area contributed by atoms with Crippen molar-refractivity contribution >= 4 is 35.9 Å². The van der Waals surface area contributed by atoms with Crippen LogP contribution in [0.2, 0.25) is 0 Å². The number of halogens is 1. The first-order valence-corrected chi connectivity index (χ1v) is 8.09. The van der Waals surface area contributed by atoms with Crippen LogP contribution in [0.1, 0.15) is 36.8 Å². The molecule has 1 aliphatic rings. The average molecular weight is 450 g/mol. The molecule has 0 spiro atoms. The Kier molecular flexibility index (Phi) is 8.51. The number of methoxy groups -OCH3 is 1. The summed E-state index contributed by atoms with van der Waals surface area (Å²) in [7, 11) is 1.45. The summed E-state index contributed by atoms with van der Waals surface area (Å²) in [5.41, 5.74) is 1.91. The Hall–Kier alpha value is -1.32. The van der Waals surface area contributed by atoms with Crippen LogP contribution in [-0.4, -0.2) is 48.7 Å². The summed E-state index contributed by atoms with van der Waals surface area (Å²) < 4.78 is 10.0. The topological polar surface area (TPSA) is 80.0 Å². The van der Waals surface area contributed by atoms with Gasteiger partial charge in [-0.15, -0.1) is 24.0 Å². The number of guanidine groups is 1. The molecule has 0 saturated carbocycles. The van der Waals surface area contributed by atoms with Crippen molar-refractivity contribution in [1.82, 2.24) is 15.4 Å². The zero-order chi connectivity index (χ0) is 16.8. The van der Waals surface area contributed by atoms with Gasteiger partial charge in [-0.2, -0.15) is 0 Å². The van der Waals surface area contributed by atoms with Crippen LogP contribution < -0.4 is 5.32 Å². The number of carbonyl (C=O) groups excluding carboxylic acids is 1. The predicted octanol–water partition coefficient (Wildman–Crippen LogP) is 2.26. The van der Waals surface area contributed by atoms with E-state index in [0.717, 1.165) is 55.5 Å². The van der Waals surface area contributed by atoms with Crippen LogP contribution in [0.3, 0.4) is 0 Å². The number of aliphatic imine (C=N–C) groups is 1. The van der Waals surface area contributed by atoms with Crippen molar-refractivity contribution < 1.29 is 14.1 Å². The number of ether oxygens (including phenoxy) is 1. The lowest BCUT2D eigenvalue weighted by atomic mass is 9.97. The van der Waals surface area contributed by atoms with E-state index >= 15 is 0 Å². The number of aryl methyl sites for hydroxylation is 2. The Bertz CT molecular complexity index is 546. The van der Waals surface area contributed by atoms with Gasteiger partial charge in [0.05, 0.1) is 25.3 Å². The molecule has 1 aliphatic heterocycles. The summed E-state index contributed by atoms with van der Waals surface area (Å²) in [5, 5.41) is 7.28. The SMILES string of the molecule is CCNC(=NCc1c(C)noc1C)N1CCC(C(=O)OC)CC1.I. The lowest BCUT2D eigenvalue weighted by Gasteiger charge is -2.33. The third-order valence-electron chi connectivity index (χ3n) is 4.23. The average Bonchev–Trinajstić information content (AvgIpc) is 2.89. The maximum atomic E-state index is 11.6. The Labute approximate surface area is 160 Å². The molecule has 1 aromatic heterocycles. The summed E-state index contributed by atoms with van der Waals surface area (Å²) in [6, 6.07) is 0. The van der Waals surface area contributed by atoms with E-state index in [-0.39, 0.29) is 35.9 Å². The fraction of sp³-hybridized carbons (Fsp3) is 0.688. The highest BCUT2D eigenvalue weighted by Gasteiger charge is 2.27. The van der Waals surface area contributed by atoms with Crippen LogP contribution in [0.15, 0.2) is 9.52 Å². The van der Waals surface area contributed by atoms with Crippen LogP contribution in [-0.2, 0) is 16.1 Å². The molecule has 0 radical (unpaired) electrons. The number of aromatic nitrogens is 1. The van der Waals surface area contributed by atoms with E-state index in [9.17, 15) is 4.79 Å². The molecular weight excluding hydrogens is 423 g/mol. The second kappa shape index (κ2) is 9.85. The smallest absolute Gasteiger partial charge is 0.308 e. The van der Waals surface area contributed by atoms with Crippen LogP contribution in [0, 0.1) is 19.8 Å². The zero-order valence-corrected chi connectivity index (χ0v) is 17.1. The summed E-state index contributed by atoms with van der Waals surface area (Å²) in [4.78, 5) is 18.5. The lowest BCUT2D eigenvalue weighted by Crippen LogP contribution is -2.46. The van der Waals surface area contributed by atoms with Gasteiger partial charge in [0, 0.05) is 25.2 Å². The van der Waals surface area contributed by atoms with Gasteiger partial charge in [-0.3, -0.25) is 4.79 Å². The molecule has 0 unspecified atom stereocenters. The number of piperidine rings is 1. The molecule has 1 aromatic rings. The maximum Gasteiger partial charge on any atom is 0.308 e. The Morgan fingerprint density at radius 1 is 1.42 bits per heavy atom. The first kappa shape index (κ1) is 20.7. The van der Waals surface area contributed by atoms with Crippen molar-refractivity contribution in [1.29, 1.82) is 0 Å². The highest BCUT2D eigenvalue weighted by atomic mass is 127. The standard InChI is InChI=1S/C16H26N4O3.HI/c1-5-17-16(18-10-14-11(2)19-23-12(14)3)20-8-6-13(7-9-20)15(21)22-4;/h13H,5-10H2,1-4H3,(H,17,18);1H. The van der Waals surface area contributed by atoms with Gasteiger partial charge in [0.1, 0.15) is 5.76 Å². The molecule has 8 heteroatoms. The summed E-state index contributed by atoms with van der Waals surface area (Å²) in [6.07, 6.45) is 1.59. The Morgan fingerprint density at radius 2 is 2.08 bits per heavy atom. The van der Waals surface area contributed by atoms with Crippen molar-refractivity contribution in [2.24, 2.45) is 10.9 Å². The molecule has 1 saturated heterocycles. The van der Waals surface area contributed by atoms with Crippen LogP contribution in [0.5, 0.6) is 0 Å². The first-order chi connectivity index (χ1) is 11.1. The highest BCUT2D eigenvalue weighted by Crippen LogP contribution is 2.19. The van der Waals surface area contributed by atoms with E-state index in [4.69, 9.17) is 14.3 Å². The van der Waals surface area contributed by atoms with Crippen molar-refractivity contribution in [3.05, 3.63) is 17.0 Å². The minimum absolute atomic E-state index is 0. The summed E-state index contributed by atoms with van der Waals surface area (Å²) in [6.45, 7) is 8.82. The lowest BCUT2D eigenvalue weighted by molar-refractivity contribution is -0.146. The van der Waals surface area contributed by atoms with Gasteiger partial charge < -0.3 is 19.5 Å². The molecule has 136 valence electrons. The van der Waals surface area contributed by atoms with E-state index in [1.54, 1.807) is 0 Å². The van der Waals surface area contributed by atoms with Crippen molar-refractivity contribution in [2.75, 3.05) is 26.7 Å². The van der Waals surface area contributed by atoms with Crippen LogP contribution in [0.25, 0.3) is 0 Å². The Morgan fingerprint density at radius 3 is 2.58 bits per heavy atom. The summed E-state index contributed by atoms with van der Waals surface area (Å²) in [5.74, 6) is 1.58. The maximum absolute atomic E-state index is 11.6. The van der Waals surface area contributed by atoms with Gasteiger partial charge in [-0.05, 0) is 33.6 Å². The van der Waals surface area contributed by atoms with E-state index in [0.29, 0.717) is 6.54 Å². The molecule has 0 aliphatic carbocycles. The van der Waals surface area contributed by atoms with Crippen molar-refractivity contribution in [2.45, 2.75) is 40.2 Å². The predicted molar refractivity (Wildman–Crippen MR) is 103 cm³/mol. The first-order valence-electron chi connectivity index (χ1n) is 8.09. The number of rotatable bonds is 4. The second-order valence-electron chi connectivity index (χ2n) is 5.76. The summed E-state index contributed by atoms with van der Waals surface area (Å²) >= 11 is 0. The number of hydrogen-bond acceptors (Lipinski definition) is 5. The van der Waals surface area contributed by atoms with Gasteiger partial charge in [0.25, 0.3) is 0 Å². The zero-order valence-electron chi connectivity index (χ0n) is 14.8. The fourth-order valence-electron chi connectivity index (χ4n) is 2.80. The number of nitrogens with one attached hydrogen (secondary N) is 1. The quantitative estimate of drug-likeness (QED) is 0.328. The monoisotopic (exact) mass is 450 g/mol. The van der Waals surface area contributed by atoms with Crippen molar-refractivity contribution in [3.63, 3.8) is 0 Å². The molecule has 24 heavy (non-hydrogen) atoms. The van der Waals surface area contributed by atoms with E-state index < -0.39 is 0 Å². The second-order valence-corrected chi connectivity index (χ2v) is 5.76. The molecule has 7 nitrogen and oxygen atoms in total. The minimum atomic E-state index is -0.109.